The second kappa shape index (κ2) is 16.0. The molecule has 0 unspecified atom stereocenters. The minimum atomic E-state index is -1.29. The van der Waals surface area contributed by atoms with E-state index in [-0.39, 0.29) is 23.5 Å². The van der Waals surface area contributed by atoms with E-state index in [1.165, 1.54) is 11.1 Å². The summed E-state index contributed by atoms with van der Waals surface area (Å²) in [4.78, 5) is 23.1. The average Bonchev–Trinajstić information content (AvgIpc) is 3.95. The number of aromatic amines is 1. The van der Waals surface area contributed by atoms with Crippen LogP contribution in [0.15, 0.2) is 78.1 Å². The zero-order valence-electron chi connectivity index (χ0n) is 33.7. The smallest absolute Gasteiger partial charge is 0.339 e. The SMILES string of the molecule is CC1(C)CCC(CN2CC=[N+](c3ccc(C(=O)O)c(Oc4cnc5[nH]ccc5c4)c3)CC2)=C(c2cc(-c3c(F)cc(F)c4ccn(COCC[Si](C)(C)C)c34)cs2)C1. The van der Waals surface area contributed by atoms with Crippen molar-refractivity contribution in [1.29, 1.82) is 0 Å². The first-order valence-electron chi connectivity index (χ1n) is 19.9. The third kappa shape index (κ3) is 8.58. The van der Waals surface area contributed by atoms with Gasteiger partial charge in [-0.25, -0.2) is 18.6 Å². The predicted molar refractivity (Wildman–Crippen MR) is 231 cm³/mol. The van der Waals surface area contributed by atoms with Crippen LogP contribution in [0.2, 0.25) is 25.7 Å². The van der Waals surface area contributed by atoms with Crippen molar-refractivity contribution in [3.05, 3.63) is 100 Å². The second-order valence-electron chi connectivity index (χ2n) is 17.5. The molecule has 8 rings (SSSR count). The Balaban J connectivity index is 1.03. The minimum absolute atomic E-state index is 0.0791. The standard InChI is InChI=1S/C45H49F2N5O4SSi/c1-45(2)11-8-30(26-50-14-16-51(17-15-50)32-6-7-35(44(53)54)39(22-32)56-33-20-29-9-12-48-43(29)49-25-33)36(24-45)40-21-31(27-57-40)41-38(47)23-37(46)34-10-13-52(42(34)41)28-55-18-19-58(3,4)5/h6-7,9-10,12-13,16,20-23,25,27H,8,11,14-15,17-19,24,26,28H2,1-5H3,(H-,48,49,53,54)/p+1. The maximum absolute atomic E-state index is 15.9. The first-order valence-corrected chi connectivity index (χ1v) is 24.5. The van der Waals surface area contributed by atoms with E-state index in [1.807, 2.05) is 28.1 Å². The normalized spacial score (nSPS) is 16.4. The summed E-state index contributed by atoms with van der Waals surface area (Å²) in [6, 6.07) is 14.8. The molecule has 0 atom stereocenters. The molecular formula is C45H50F2N5O4SSi+. The highest BCUT2D eigenvalue weighted by atomic mass is 32.1. The largest absolute Gasteiger partial charge is 0.478 e. The molecule has 0 radical (unpaired) electrons. The molecule has 0 spiro atoms. The molecule has 0 amide bonds. The maximum atomic E-state index is 15.9. The number of benzene rings is 2. The molecule has 0 saturated carbocycles. The lowest BCUT2D eigenvalue weighted by atomic mass is 9.73. The Labute approximate surface area is 342 Å². The molecule has 9 nitrogen and oxygen atoms in total. The molecule has 58 heavy (non-hydrogen) atoms. The van der Waals surface area contributed by atoms with Crippen LogP contribution in [0.3, 0.4) is 0 Å². The number of carboxylic acids is 1. The summed E-state index contributed by atoms with van der Waals surface area (Å²) in [5.41, 5.74) is 6.18. The van der Waals surface area contributed by atoms with Crippen LogP contribution < -0.4 is 4.74 Å². The van der Waals surface area contributed by atoms with Gasteiger partial charge < -0.3 is 24.1 Å². The highest BCUT2D eigenvalue weighted by Crippen LogP contribution is 2.46. The number of carboxylic acid groups (broad SMARTS) is 1. The topological polar surface area (TPSA) is 95.6 Å². The summed E-state index contributed by atoms with van der Waals surface area (Å²) in [6.45, 7) is 15.4. The number of aromatic carboxylic acids is 1. The Kier molecular flexibility index (Phi) is 11.0. The number of fused-ring (bicyclic) bond motifs is 2. The molecule has 0 saturated heterocycles. The van der Waals surface area contributed by atoms with Crippen molar-refractivity contribution in [3.8, 4) is 22.6 Å². The summed E-state index contributed by atoms with van der Waals surface area (Å²) in [7, 11) is -1.29. The van der Waals surface area contributed by atoms with Gasteiger partial charge in [-0.3, -0.25) is 4.90 Å². The Morgan fingerprint density at radius 3 is 2.72 bits per heavy atom. The molecular weight excluding hydrogens is 773 g/mol. The van der Waals surface area contributed by atoms with E-state index in [0.29, 0.717) is 28.8 Å². The first-order chi connectivity index (χ1) is 27.7. The Bertz CT molecular complexity index is 2580. The van der Waals surface area contributed by atoms with Gasteiger partial charge >= 0.3 is 5.97 Å². The minimum Gasteiger partial charge on any atom is -0.478 e. The van der Waals surface area contributed by atoms with E-state index in [4.69, 9.17) is 9.47 Å². The fraction of sp³-hybridized carbons (Fsp3) is 0.356. The van der Waals surface area contributed by atoms with Crippen LogP contribution in [-0.2, 0) is 11.5 Å². The van der Waals surface area contributed by atoms with E-state index < -0.39 is 25.7 Å². The van der Waals surface area contributed by atoms with Gasteiger partial charge in [-0.15, -0.1) is 11.3 Å². The van der Waals surface area contributed by atoms with E-state index in [2.05, 4.69) is 65.2 Å². The van der Waals surface area contributed by atoms with Crippen molar-refractivity contribution in [2.24, 2.45) is 5.41 Å². The molecule has 302 valence electrons. The van der Waals surface area contributed by atoms with E-state index >= 15 is 8.78 Å². The van der Waals surface area contributed by atoms with Crippen LogP contribution in [-0.4, -0.2) is 82.2 Å². The zero-order valence-corrected chi connectivity index (χ0v) is 35.5. The molecule has 0 fully saturated rings. The fourth-order valence-electron chi connectivity index (χ4n) is 7.98. The number of carbonyl (C=O) groups is 1. The Morgan fingerprint density at radius 1 is 1.10 bits per heavy atom. The van der Waals surface area contributed by atoms with Gasteiger partial charge in [0.2, 0.25) is 5.69 Å². The lowest BCUT2D eigenvalue weighted by molar-refractivity contribution is -0.443. The van der Waals surface area contributed by atoms with E-state index in [9.17, 15) is 9.90 Å². The number of H-pyrrole nitrogens is 1. The Hall–Kier alpha value is -4.95. The number of nitrogens with one attached hydrogen (secondary N) is 1. The molecule has 2 aliphatic rings. The van der Waals surface area contributed by atoms with E-state index in [1.54, 1.807) is 48.1 Å². The number of hydrogen-bond acceptors (Lipinski definition) is 6. The van der Waals surface area contributed by atoms with E-state index in [0.717, 1.165) is 84.7 Å². The van der Waals surface area contributed by atoms with Crippen LogP contribution >= 0.6 is 11.3 Å². The zero-order chi connectivity index (χ0) is 40.8. The molecule has 0 bridgehead atoms. The molecule has 13 heteroatoms. The van der Waals surface area contributed by atoms with Gasteiger partial charge in [0.05, 0.1) is 30.9 Å². The fourth-order valence-corrected chi connectivity index (χ4v) is 9.73. The molecule has 4 aromatic heterocycles. The van der Waals surface area contributed by atoms with Gasteiger partial charge in [0.15, 0.2) is 12.8 Å². The molecule has 5 heterocycles. The average molecular weight is 823 g/mol. The number of hydrogen-bond donors (Lipinski definition) is 2. The quantitative estimate of drug-likeness (QED) is 0.0684. The lowest BCUT2D eigenvalue weighted by Crippen LogP contribution is -2.39. The lowest BCUT2D eigenvalue weighted by Gasteiger charge is -2.35. The van der Waals surface area contributed by atoms with Crippen molar-refractivity contribution in [2.45, 2.75) is 65.5 Å². The van der Waals surface area contributed by atoms with Crippen LogP contribution in [0.1, 0.15) is 48.3 Å². The van der Waals surface area contributed by atoms with Crippen LogP contribution in [0.5, 0.6) is 11.5 Å². The number of pyridine rings is 1. The molecule has 6 aromatic rings. The number of ether oxygens (including phenoxy) is 2. The third-order valence-electron chi connectivity index (χ3n) is 11.3. The highest BCUT2D eigenvalue weighted by Gasteiger charge is 2.31. The third-order valence-corrected chi connectivity index (χ3v) is 14.0. The number of allylic oxidation sites excluding steroid dienone is 1. The van der Waals surface area contributed by atoms with Crippen LogP contribution in [0, 0.1) is 17.0 Å². The molecule has 2 N–H and O–H groups in total. The van der Waals surface area contributed by atoms with Gasteiger partial charge in [-0.2, -0.15) is 4.58 Å². The summed E-state index contributed by atoms with van der Waals surface area (Å²) in [6.07, 6.45) is 10.3. The van der Waals surface area contributed by atoms with Crippen molar-refractivity contribution in [2.75, 3.05) is 32.8 Å². The number of nitrogens with zero attached hydrogens (tertiary/aromatic N) is 4. The summed E-state index contributed by atoms with van der Waals surface area (Å²) >= 11 is 1.63. The van der Waals surface area contributed by atoms with Gasteiger partial charge in [0.1, 0.15) is 41.1 Å². The maximum Gasteiger partial charge on any atom is 0.339 e. The van der Waals surface area contributed by atoms with Gasteiger partial charge in [0, 0.05) is 67.0 Å². The van der Waals surface area contributed by atoms with Crippen molar-refractivity contribution in [1.82, 2.24) is 19.4 Å². The van der Waals surface area contributed by atoms with Crippen molar-refractivity contribution in [3.63, 3.8) is 0 Å². The first kappa shape index (κ1) is 39.9. The molecule has 1 aliphatic carbocycles. The second-order valence-corrected chi connectivity index (χ2v) is 24.1. The number of rotatable bonds is 13. The van der Waals surface area contributed by atoms with Crippen molar-refractivity contribution < 1.29 is 32.7 Å². The number of aromatic nitrogens is 3. The van der Waals surface area contributed by atoms with Crippen LogP contribution in [0.25, 0.3) is 38.6 Å². The summed E-state index contributed by atoms with van der Waals surface area (Å²) in [5.74, 6) is -1.49. The van der Waals surface area contributed by atoms with Gasteiger partial charge in [-0.05, 0) is 77.6 Å². The number of thiophene rings is 1. The van der Waals surface area contributed by atoms with Crippen LogP contribution in [0.4, 0.5) is 14.5 Å². The summed E-state index contributed by atoms with van der Waals surface area (Å²) < 4.78 is 47.1. The summed E-state index contributed by atoms with van der Waals surface area (Å²) in [5, 5.41) is 13.2. The van der Waals surface area contributed by atoms with Gasteiger partial charge in [-0.1, -0.05) is 39.1 Å². The monoisotopic (exact) mass is 822 g/mol. The number of halogens is 2. The Morgan fingerprint density at radius 2 is 1.95 bits per heavy atom. The highest BCUT2D eigenvalue weighted by molar-refractivity contribution is 7.11. The molecule has 1 aliphatic heterocycles. The predicted octanol–water partition coefficient (Wildman–Crippen LogP) is 11.0. The molecule has 2 aromatic carbocycles. The van der Waals surface area contributed by atoms with Crippen molar-refractivity contribution >= 4 is 64.8 Å². The van der Waals surface area contributed by atoms with Gasteiger partial charge in [0.25, 0.3) is 0 Å².